The third-order valence-electron chi connectivity index (χ3n) is 4.19. The number of hydrogen-bond donors (Lipinski definition) is 0. The lowest BCUT2D eigenvalue weighted by Gasteiger charge is -2.19. The third-order valence-corrected chi connectivity index (χ3v) is 4.19. The molecule has 0 aliphatic carbocycles. The lowest BCUT2D eigenvalue weighted by atomic mass is 10.1. The number of aromatic nitrogens is 3. The molecular weight excluding hydrogens is 274 g/mol. The summed E-state index contributed by atoms with van der Waals surface area (Å²) in [5.41, 5.74) is 3.63. The first-order valence-corrected chi connectivity index (χ1v) is 7.89. The molecule has 5 nitrogen and oxygen atoms in total. The van der Waals surface area contributed by atoms with Crippen molar-refractivity contribution in [2.45, 2.75) is 39.5 Å². The lowest BCUT2D eigenvalue weighted by Crippen LogP contribution is -2.25. The molecule has 1 saturated heterocycles. The van der Waals surface area contributed by atoms with Gasteiger partial charge in [0.15, 0.2) is 5.82 Å². The van der Waals surface area contributed by atoms with Crippen molar-refractivity contribution in [2.24, 2.45) is 0 Å². The molecule has 114 valence electrons. The molecule has 0 bridgehead atoms. The molecule has 2 aromatic rings. The topological polar surface area (TPSA) is 57.7 Å². The largest absolute Gasteiger partial charge is 0.353 e. The molecule has 1 fully saturated rings. The monoisotopic (exact) mass is 295 g/mol. The maximum absolute atomic E-state index is 9.41. The maximum atomic E-state index is 9.41. The van der Waals surface area contributed by atoms with Crippen LogP contribution in [0.5, 0.6) is 0 Å². The standard InChI is InChI=1S/C17H21N5/c1-13-7-8-14(2)16(11-13)22-19-15(12-18)17(20-22)21-9-5-3-4-6-10-21/h7-8,11H,3-6,9-10H2,1-2H3. The van der Waals surface area contributed by atoms with E-state index in [-0.39, 0.29) is 0 Å². The van der Waals surface area contributed by atoms with E-state index < -0.39 is 0 Å². The Labute approximate surface area is 131 Å². The molecule has 1 aliphatic rings. The Kier molecular flexibility index (Phi) is 4.10. The van der Waals surface area contributed by atoms with Crippen molar-refractivity contribution in [3.63, 3.8) is 0 Å². The van der Waals surface area contributed by atoms with Crippen LogP contribution in [0.4, 0.5) is 5.82 Å². The zero-order valence-corrected chi connectivity index (χ0v) is 13.2. The van der Waals surface area contributed by atoms with E-state index in [1.54, 1.807) is 4.80 Å². The van der Waals surface area contributed by atoms with Crippen LogP contribution < -0.4 is 4.90 Å². The predicted octanol–water partition coefficient (Wildman–Crippen LogP) is 3.14. The number of nitriles is 1. The van der Waals surface area contributed by atoms with Gasteiger partial charge in [-0.2, -0.15) is 5.26 Å². The van der Waals surface area contributed by atoms with Crippen LogP contribution in [0.3, 0.4) is 0 Å². The molecule has 0 unspecified atom stereocenters. The number of aryl methyl sites for hydroxylation is 2. The van der Waals surface area contributed by atoms with Gasteiger partial charge in [0.25, 0.3) is 0 Å². The Morgan fingerprint density at radius 1 is 1.05 bits per heavy atom. The third kappa shape index (κ3) is 2.82. The molecule has 2 heterocycles. The van der Waals surface area contributed by atoms with Crippen LogP contribution in [0.1, 0.15) is 42.5 Å². The van der Waals surface area contributed by atoms with Crippen LogP contribution in [0.15, 0.2) is 18.2 Å². The average Bonchev–Trinajstić information content (AvgIpc) is 2.76. The Hall–Kier alpha value is -2.35. The van der Waals surface area contributed by atoms with Crippen molar-refractivity contribution in [2.75, 3.05) is 18.0 Å². The highest BCUT2D eigenvalue weighted by atomic mass is 15.5. The number of anilines is 1. The van der Waals surface area contributed by atoms with Gasteiger partial charge in [0.2, 0.25) is 5.69 Å². The summed E-state index contributed by atoms with van der Waals surface area (Å²) in [4.78, 5) is 3.82. The molecule has 22 heavy (non-hydrogen) atoms. The summed E-state index contributed by atoms with van der Waals surface area (Å²) in [6.07, 6.45) is 4.81. The highest BCUT2D eigenvalue weighted by molar-refractivity contribution is 5.51. The lowest BCUT2D eigenvalue weighted by molar-refractivity contribution is 0.723. The van der Waals surface area contributed by atoms with Gasteiger partial charge in [0.1, 0.15) is 6.07 Å². The summed E-state index contributed by atoms with van der Waals surface area (Å²) in [6, 6.07) is 8.39. The van der Waals surface area contributed by atoms with Gasteiger partial charge in [-0.05, 0) is 43.9 Å². The molecule has 0 N–H and O–H groups in total. The number of rotatable bonds is 2. The van der Waals surface area contributed by atoms with Gasteiger partial charge in [-0.25, -0.2) is 0 Å². The minimum absolute atomic E-state index is 0.419. The molecule has 0 atom stereocenters. The normalized spacial score (nSPS) is 15.4. The Morgan fingerprint density at radius 3 is 2.45 bits per heavy atom. The first kappa shape index (κ1) is 14.6. The fraction of sp³-hybridized carbons (Fsp3) is 0.471. The minimum atomic E-state index is 0.419. The second-order valence-corrected chi connectivity index (χ2v) is 5.96. The van der Waals surface area contributed by atoms with E-state index in [0.717, 1.165) is 48.6 Å². The van der Waals surface area contributed by atoms with Crippen molar-refractivity contribution in [3.05, 3.63) is 35.0 Å². The number of benzene rings is 1. The Morgan fingerprint density at radius 2 is 1.77 bits per heavy atom. The van der Waals surface area contributed by atoms with Crippen LogP contribution in [-0.2, 0) is 0 Å². The fourth-order valence-electron chi connectivity index (χ4n) is 2.91. The van der Waals surface area contributed by atoms with Crippen LogP contribution in [0.25, 0.3) is 5.69 Å². The summed E-state index contributed by atoms with van der Waals surface area (Å²) < 4.78 is 0. The summed E-state index contributed by atoms with van der Waals surface area (Å²) in [7, 11) is 0. The maximum Gasteiger partial charge on any atom is 0.207 e. The van der Waals surface area contributed by atoms with Crippen molar-refractivity contribution >= 4 is 5.82 Å². The van der Waals surface area contributed by atoms with Crippen LogP contribution in [0.2, 0.25) is 0 Å². The van der Waals surface area contributed by atoms with Crippen LogP contribution in [-0.4, -0.2) is 28.1 Å². The quantitative estimate of drug-likeness (QED) is 0.854. The zero-order chi connectivity index (χ0) is 15.5. The van der Waals surface area contributed by atoms with Gasteiger partial charge in [-0.15, -0.1) is 15.0 Å². The Balaban J connectivity index is 2.01. The zero-order valence-electron chi connectivity index (χ0n) is 13.2. The van der Waals surface area contributed by atoms with Crippen molar-refractivity contribution < 1.29 is 0 Å². The molecule has 0 saturated carbocycles. The van der Waals surface area contributed by atoms with Crippen LogP contribution >= 0.6 is 0 Å². The molecule has 3 rings (SSSR count). The minimum Gasteiger partial charge on any atom is -0.353 e. The second-order valence-electron chi connectivity index (χ2n) is 5.96. The highest BCUT2D eigenvalue weighted by Crippen LogP contribution is 2.22. The summed E-state index contributed by atoms with van der Waals surface area (Å²) in [5.74, 6) is 0.727. The molecule has 1 aliphatic heterocycles. The number of hydrogen-bond acceptors (Lipinski definition) is 4. The summed E-state index contributed by atoms with van der Waals surface area (Å²) >= 11 is 0. The van der Waals surface area contributed by atoms with E-state index >= 15 is 0 Å². The van der Waals surface area contributed by atoms with E-state index in [2.05, 4.69) is 39.4 Å². The van der Waals surface area contributed by atoms with E-state index in [1.165, 1.54) is 12.8 Å². The van der Waals surface area contributed by atoms with Crippen molar-refractivity contribution in [3.8, 4) is 11.8 Å². The Bertz CT molecular complexity index is 702. The highest BCUT2D eigenvalue weighted by Gasteiger charge is 2.20. The smallest absolute Gasteiger partial charge is 0.207 e. The van der Waals surface area contributed by atoms with Gasteiger partial charge < -0.3 is 4.90 Å². The first-order valence-electron chi connectivity index (χ1n) is 7.89. The van der Waals surface area contributed by atoms with Gasteiger partial charge in [-0.1, -0.05) is 25.0 Å². The molecular formula is C17H21N5. The van der Waals surface area contributed by atoms with Crippen molar-refractivity contribution in [1.29, 1.82) is 5.26 Å². The molecule has 0 spiro atoms. The van der Waals surface area contributed by atoms with E-state index in [4.69, 9.17) is 0 Å². The first-order chi connectivity index (χ1) is 10.7. The second kappa shape index (κ2) is 6.18. The molecule has 1 aromatic carbocycles. The fourth-order valence-corrected chi connectivity index (χ4v) is 2.91. The van der Waals surface area contributed by atoms with Gasteiger partial charge >= 0.3 is 0 Å². The molecule has 5 heteroatoms. The average molecular weight is 295 g/mol. The van der Waals surface area contributed by atoms with Crippen molar-refractivity contribution in [1.82, 2.24) is 15.0 Å². The van der Waals surface area contributed by atoms with Gasteiger partial charge in [0.05, 0.1) is 5.69 Å². The molecule has 0 radical (unpaired) electrons. The molecule has 0 amide bonds. The van der Waals surface area contributed by atoms with E-state index in [1.807, 2.05) is 13.8 Å². The summed E-state index contributed by atoms with van der Waals surface area (Å²) in [6.45, 7) is 6.00. The van der Waals surface area contributed by atoms with Gasteiger partial charge in [-0.3, -0.25) is 0 Å². The summed E-state index contributed by atoms with van der Waals surface area (Å²) in [5, 5.41) is 18.4. The van der Waals surface area contributed by atoms with Crippen LogP contribution in [0, 0.1) is 25.2 Å². The number of nitrogens with zero attached hydrogens (tertiary/aromatic N) is 5. The van der Waals surface area contributed by atoms with E-state index in [9.17, 15) is 5.26 Å². The predicted molar refractivity (Wildman–Crippen MR) is 86.2 cm³/mol. The SMILES string of the molecule is Cc1ccc(C)c(-n2nc(C#N)c(N3CCCCCC3)n2)c1. The van der Waals surface area contributed by atoms with E-state index in [0.29, 0.717) is 5.69 Å². The van der Waals surface area contributed by atoms with Gasteiger partial charge in [0, 0.05) is 13.1 Å². The molecule has 1 aromatic heterocycles.